The SMILES string of the molecule is CCC(O)CCOc1ccc(C)c(C)c1. The van der Waals surface area contributed by atoms with Crippen LogP contribution in [0.25, 0.3) is 0 Å². The molecule has 0 aliphatic carbocycles. The first-order chi connectivity index (χ1) is 7.13. The third-order valence-electron chi connectivity index (χ3n) is 2.67. The Labute approximate surface area is 91.9 Å². The van der Waals surface area contributed by atoms with Gasteiger partial charge in [0.25, 0.3) is 0 Å². The van der Waals surface area contributed by atoms with Crippen molar-refractivity contribution in [3.8, 4) is 5.75 Å². The first-order valence-electron chi connectivity index (χ1n) is 5.51. The molecule has 0 heterocycles. The number of benzene rings is 1. The highest BCUT2D eigenvalue weighted by molar-refractivity contribution is 5.33. The largest absolute Gasteiger partial charge is 0.493 e. The van der Waals surface area contributed by atoms with E-state index in [0.29, 0.717) is 13.0 Å². The zero-order valence-electron chi connectivity index (χ0n) is 9.79. The predicted molar refractivity (Wildman–Crippen MR) is 62.3 cm³/mol. The van der Waals surface area contributed by atoms with Crippen LogP contribution in [-0.2, 0) is 0 Å². The molecule has 1 aromatic rings. The summed E-state index contributed by atoms with van der Waals surface area (Å²) >= 11 is 0. The van der Waals surface area contributed by atoms with Gasteiger partial charge in [0.05, 0.1) is 12.7 Å². The van der Waals surface area contributed by atoms with Crippen LogP contribution in [0.5, 0.6) is 5.75 Å². The number of aliphatic hydroxyl groups is 1. The second-order valence-corrected chi connectivity index (χ2v) is 3.95. The van der Waals surface area contributed by atoms with Crippen LogP contribution in [0.15, 0.2) is 18.2 Å². The average Bonchev–Trinajstić information content (AvgIpc) is 2.23. The fourth-order valence-corrected chi connectivity index (χ4v) is 1.32. The zero-order chi connectivity index (χ0) is 11.3. The van der Waals surface area contributed by atoms with Crippen molar-refractivity contribution >= 4 is 0 Å². The molecule has 1 N–H and O–H groups in total. The normalized spacial score (nSPS) is 12.5. The molecule has 2 nitrogen and oxygen atoms in total. The number of hydrogen-bond donors (Lipinski definition) is 1. The highest BCUT2D eigenvalue weighted by Crippen LogP contribution is 2.16. The van der Waals surface area contributed by atoms with Gasteiger partial charge in [-0.15, -0.1) is 0 Å². The van der Waals surface area contributed by atoms with E-state index in [4.69, 9.17) is 4.74 Å². The second-order valence-electron chi connectivity index (χ2n) is 3.95. The lowest BCUT2D eigenvalue weighted by Gasteiger charge is -2.10. The van der Waals surface area contributed by atoms with Gasteiger partial charge in [-0.3, -0.25) is 0 Å². The Hall–Kier alpha value is -1.02. The molecule has 84 valence electrons. The van der Waals surface area contributed by atoms with Crippen LogP contribution in [0.2, 0.25) is 0 Å². The third-order valence-corrected chi connectivity index (χ3v) is 2.67. The molecule has 1 rings (SSSR count). The minimum atomic E-state index is -0.239. The maximum absolute atomic E-state index is 9.35. The van der Waals surface area contributed by atoms with E-state index >= 15 is 0 Å². The van der Waals surface area contributed by atoms with Gasteiger partial charge in [-0.1, -0.05) is 13.0 Å². The summed E-state index contributed by atoms with van der Waals surface area (Å²) in [5.74, 6) is 0.890. The summed E-state index contributed by atoms with van der Waals surface area (Å²) in [7, 11) is 0. The van der Waals surface area contributed by atoms with Gasteiger partial charge in [-0.2, -0.15) is 0 Å². The fourth-order valence-electron chi connectivity index (χ4n) is 1.32. The van der Waals surface area contributed by atoms with Crippen LogP contribution in [0.4, 0.5) is 0 Å². The minimum Gasteiger partial charge on any atom is -0.493 e. The maximum atomic E-state index is 9.35. The van der Waals surface area contributed by atoms with Crippen LogP contribution in [0.1, 0.15) is 30.9 Å². The number of rotatable bonds is 5. The van der Waals surface area contributed by atoms with Gasteiger partial charge < -0.3 is 9.84 Å². The molecular weight excluding hydrogens is 188 g/mol. The van der Waals surface area contributed by atoms with E-state index in [-0.39, 0.29) is 6.10 Å². The lowest BCUT2D eigenvalue weighted by atomic mass is 10.1. The van der Waals surface area contributed by atoms with E-state index in [2.05, 4.69) is 19.9 Å². The van der Waals surface area contributed by atoms with E-state index in [1.807, 2.05) is 19.1 Å². The van der Waals surface area contributed by atoms with Gasteiger partial charge in [-0.25, -0.2) is 0 Å². The molecule has 1 atom stereocenters. The minimum absolute atomic E-state index is 0.239. The van der Waals surface area contributed by atoms with E-state index in [9.17, 15) is 5.11 Å². The number of aryl methyl sites for hydroxylation is 2. The van der Waals surface area contributed by atoms with Gasteiger partial charge in [0.15, 0.2) is 0 Å². The first-order valence-corrected chi connectivity index (χ1v) is 5.51. The monoisotopic (exact) mass is 208 g/mol. The molecule has 0 aromatic heterocycles. The molecular formula is C13H20O2. The fraction of sp³-hybridized carbons (Fsp3) is 0.538. The molecule has 0 aliphatic heterocycles. The van der Waals surface area contributed by atoms with E-state index < -0.39 is 0 Å². The molecule has 0 aliphatic rings. The molecule has 0 radical (unpaired) electrons. The molecule has 15 heavy (non-hydrogen) atoms. The van der Waals surface area contributed by atoms with Crippen molar-refractivity contribution < 1.29 is 9.84 Å². The molecule has 0 amide bonds. The van der Waals surface area contributed by atoms with Crippen LogP contribution in [0, 0.1) is 13.8 Å². The summed E-state index contributed by atoms with van der Waals surface area (Å²) in [4.78, 5) is 0. The van der Waals surface area contributed by atoms with Gasteiger partial charge >= 0.3 is 0 Å². The average molecular weight is 208 g/mol. The molecule has 1 aromatic carbocycles. The highest BCUT2D eigenvalue weighted by Gasteiger charge is 2.01. The van der Waals surface area contributed by atoms with E-state index in [1.54, 1.807) is 0 Å². The molecule has 0 saturated carbocycles. The standard InChI is InChI=1S/C13H20O2/c1-4-12(14)7-8-15-13-6-5-10(2)11(3)9-13/h5-6,9,12,14H,4,7-8H2,1-3H3. The zero-order valence-corrected chi connectivity index (χ0v) is 9.79. The Morgan fingerprint density at radius 2 is 2.00 bits per heavy atom. The van der Waals surface area contributed by atoms with Gasteiger partial charge in [0.2, 0.25) is 0 Å². The van der Waals surface area contributed by atoms with Crippen molar-refractivity contribution in [2.45, 2.75) is 39.7 Å². The van der Waals surface area contributed by atoms with Crippen LogP contribution in [0.3, 0.4) is 0 Å². The smallest absolute Gasteiger partial charge is 0.119 e. The van der Waals surface area contributed by atoms with Crippen LogP contribution >= 0.6 is 0 Å². The van der Waals surface area contributed by atoms with Gasteiger partial charge in [-0.05, 0) is 43.5 Å². The summed E-state index contributed by atoms with van der Waals surface area (Å²) in [6.07, 6.45) is 1.25. The van der Waals surface area contributed by atoms with E-state index in [0.717, 1.165) is 12.2 Å². The highest BCUT2D eigenvalue weighted by atomic mass is 16.5. The Bertz CT molecular complexity index is 307. The first kappa shape index (κ1) is 12.1. The number of hydrogen-bond acceptors (Lipinski definition) is 2. The molecule has 1 unspecified atom stereocenters. The van der Waals surface area contributed by atoms with Crippen LogP contribution in [-0.4, -0.2) is 17.8 Å². The summed E-state index contributed by atoms with van der Waals surface area (Å²) < 4.78 is 5.55. The lowest BCUT2D eigenvalue weighted by molar-refractivity contribution is 0.135. The molecule has 0 fully saturated rings. The predicted octanol–water partition coefficient (Wildman–Crippen LogP) is 2.84. The Morgan fingerprint density at radius 1 is 1.27 bits per heavy atom. The quantitative estimate of drug-likeness (QED) is 0.806. The summed E-state index contributed by atoms with van der Waals surface area (Å²) in [5.41, 5.74) is 2.51. The Balaban J connectivity index is 2.41. The summed E-state index contributed by atoms with van der Waals surface area (Å²) in [6.45, 7) is 6.71. The topological polar surface area (TPSA) is 29.5 Å². The van der Waals surface area contributed by atoms with Crippen molar-refractivity contribution in [3.05, 3.63) is 29.3 Å². The van der Waals surface area contributed by atoms with Crippen molar-refractivity contribution in [1.29, 1.82) is 0 Å². The molecule has 0 spiro atoms. The maximum Gasteiger partial charge on any atom is 0.119 e. The summed E-state index contributed by atoms with van der Waals surface area (Å²) in [5, 5.41) is 9.35. The Kier molecular flexibility index (Phi) is 4.63. The van der Waals surface area contributed by atoms with Crippen molar-refractivity contribution in [1.82, 2.24) is 0 Å². The second kappa shape index (κ2) is 5.76. The van der Waals surface area contributed by atoms with Gasteiger partial charge in [0, 0.05) is 6.42 Å². The Morgan fingerprint density at radius 3 is 2.60 bits per heavy atom. The molecule has 2 heteroatoms. The van der Waals surface area contributed by atoms with Crippen molar-refractivity contribution in [3.63, 3.8) is 0 Å². The van der Waals surface area contributed by atoms with Crippen LogP contribution < -0.4 is 4.74 Å². The van der Waals surface area contributed by atoms with Gasteiger partial charge in [0.1, 0.15) is 5.75 Å². The third kappa shape index (κ3) is 3.92. The lowest BCUT2D eigenvalue weighted by Crippen LogP contribution is -2.10. The number of aliphatic hydroxyl groups excluding tert-OH is 1. The molecule has 0 bridgehead atoms. The summed E-state index contributed by atoms with van der Waals surface area (Å²) in [6, 6.07) is 6.06. The van der Waals surface area contributed by atoms with Crippen molar-refractivity contribution in [2.24, 2.45) is 0 Å². The van der Waals surface area contributed by atoms with Crippen molar-refractivity contribution in [2.75, 3.05) is 6.61 Å². The molecule has 0 saturated heterocycles. The number of ether oxygens (including phenoxy) is 1. The van der Waals surface area contributed by atoms with E-state index in [1.165, 1.54) is 11.1 Å².